The first-order valence-corrected chi connectivity index (χ1v) is 5.95. The minimum atomic E-state index is 0.0672. The Morgan fingerprint density at radius 1 is 1.47 bits per heavy atom. The number of anilines is 1. The molecule has 1 aliphatic rings. The van der Waals surface area contributed by atoms with Crippen molar-refractivity contribution in [2.24, 2.45) is 5.41 Å². The highest BCUT2D eigenvalue weighted by Gasteiger charge is 2.47. The Labute approximate surface area is 103 Å². The third-order valence-electron chi connectivity index (χ3n) is 3.58. The fourth-order valence-corrected chi connectivity index (χ4v) is 2.40. The maximum Gasteiger partial charge on any atom is 0.199 e. The maximum atomic E-state index is 6.20. The van der Waals surface area contributed by atoms with E-state index in [1.165, 1.54) is 0 Å². The number of hydrogen-bond donors (Lipinski definition) is 1. The zero-order valence-electron chi connectivity index (χ0n) is 9.63. The van der Waals surface area contributed by atoms with Crippen LogP contribution in [-0.4, -0.2) is 36.4 Å². The molecule has 3 rings (SSSR count). The molecule has 0 aromatic carbocycles. The van der Waals surface area contributed by atoms with Gasteiger partial charge in [0, 0.05) is 16.8 Å². The summed E-state index contributed by atoms with van der Waals surface area (Å²) >= 11 is 6.20. The van der Waals surface area contributed by atoms with E-state index in [2.05, 4.69) is 39.7 Å². The second-order valence-corrected chi connectivity index (χ2v) is 5.49. The molecule has 0 aliphatic heterocycles. The molecule has 2 unspecified atom stereocenters. The van der Waals surface area contributed by atoms with Crippen LogP contribution in [0.4, 0.5) is 5.82 Å². The van der Waals surface area contributed by atoms with Crippen LogP contribution in [0.1, 0.15) is 20.3 Å². The molecule has 0 radical (unpaired) electrons. The largest absolute Gasteiger partial charge is 0.365 e. The summed E-state index contributed by atoms with van der Waals surface area (Å²) in [6, 6.07) is 0.321. The van der Waals surface area contributed by atoms with E-state index in [0.29, 0.717) is 11.7 Å². The number of nitrogens with zero attached hydrogens (tertiary/aromatic N) is 5. The van der Waals surface area contributed by atoms with Crippen LogP contribution < -0.4 is 5.32 Å². The van der Waals surface area contributed by atoms with E-state index >= 15 is 0 Å². The summed E-state index contributed by atoms with van der Waals surface area (Å²) in [6.45, 7) is 4.30. The molecule has 0 saturated heterocycles. The van der Waals surface area contributed by atoms with Gasteiger partial charge < -0.3 is 5.32 Å². The second-order valence-electron chi connectivity index (χ2n) is 4.96. The summed E-state index contributed by atoms with van der Waals surface area (Å²) in [4.78, 5) is 4.10. The Morgan fingerprint density at radius 3 is 3.00 bits per heavy atom. The fraction of sp³-hybridized carbons (Fsp3) is 0.600. The molecule has 0 amide bonds. The topological polar surface area (TPSA) is 68.0 Å². The quantitative estimate of drug-likeness (QED) is 0.817. The number of tetrazole rings is 1. The van der Waals surface area contributed by atoms with Gasteiger partial charge in [0.25, 0.3) is 0 Å². The molecule has 17 heavy (non-hydrogen) atoms. The number of rotatable bonds is 2. The maximum absolute atomic E-state index is 6.20. The summed E-state index contributed by atoms with van der Waals surface area (Å²) in [5.74, 6) is 0.800. The highest BCUT2D eigenvalue weighted by atomic mass is 35.5. The van der Waals surface area contributed by atoms with Crippen molar-refractivity contribution in [2.75, 3.05) is 5.32 Å². The van der Waals surface area contributed by atoms with E-state index in [4.69, 9.17) is 11.6 Å². The minimum Gasteiger partial charge on any atom is -0.365 e. The van der Waals surface area contributed by atoms with E-state index in [1.807, 2.05) is 0 Å². The first kappa shape index (κ1) is 10.7. The SMILES string of the molecule is CC1(C)C(Cl)CC1Nc1cncc2nnnn12. The first-order valence-electron chi connectivity index (χ1n) is 5.52. The van der Waals surface area contributed by atoms with Gasteiger partial charge in [-0.05, 0) is 16.8 Å². The fourth-order valence-electron chi connectivity index (χ4n) is 2.07. The summed E-state index contributed by atoms with van der Waals surface area (Å²) in [5, 5.41) is 15.0. The zero-order valence-corrected chi connectivity index (χ0v) is 10.4. The van der Waals surface area contributed by atoms with Crippen molar-refractivity contribution in [3.63, 3.8) is 0 Å². The minimum absolute atomic E-state index is 0.0672. The van der Waals surface area contributed by atoms with Crippen LogP contribution in [0, 0.1) is 5.41 Å². The standard InChI is InChI=1S/C10H13ClN6/c1-10(2)6(11)3-7(10)13-8-4-12-5-9-14-15-16-17(8)9/h4-7,13H,3H2,1-2H3. The van der Waals surface area contributed by atoms with Gasteiger partial charge in [0.05, 0.1) is 12.4 Å². The molecule has 1 aliphatic carbocycles. The highest BCUT2D eigenvalue weighted by Crippen LogP contribution is 2.45. The monoisotopic (exact) mass is 252 g/mol. The van der Waals surface area contributed by atoms with E-state index in [9.17, 15) is 0 Å². The van der Waals surface area contributed by atoms with Gasteiger partial charge in [-0.15, -0.1) is 16.7 Å². The van der Waals surface area contributed by atoms with Gasteiger partial charge in [-0.1, -0.05) is 13.8 Å². The molecule has 0 spiro atoms. The molecular weight excluding hydrogens is 240 g/mol. The number of hydrogen-bond acceptors (Lipinski definition) is 5. The molecule has 7 heteroatoms. The average molecular weight is 253 g/mol. The Balaban J connectivity index is 1.89. The highest BCUT2D eigenvalue weighted by molar-refractivity contribution is 6.21. The second kappa shape index (κ2) is 3.53. The third kappa shape index (κ3) is 1.55. The Hall–Kier alpha value is -1.43. The predicted octanol–water partition coefficient (Wildman–Crippen LogP) is 1.34. The predicted molar refractivity (Wildman–Crippen MR) is 64.0 cm³/mol. The Kier molecular flexibility index (Phi) is 2.22. The normalized spacial score (nSPS) is 26.8. The van der Waals surface area contributed by atoms with Crippen molar-refractivity contribution >= 4 is 23.1 Å². The van der Waals surface area contributed by atoms with Gasteiger partial charge in [0.1, 0.15) is 0 Å². The van der Waals surface area contributed by atoms with E-state index in [0.717, 1.165) is 12.2 Å². The van der Waals surface area contributed by atoms with Crippen molar-refractivity contribution in [1.82, 2.24) is 25.0 Å². The molecular formula is C10H13ClN6. The van der Waals surface area contributed by atoms with Crippen LogP contribution >= 0.6 is 11.6 Å². The number of aromatic nitrogens is 5. The molecule has 6 nitrogen and oxygen atoms in total. The van der Waals surface area contributed by atoms with Gasteiger partial charge in [0.15, 0.2) is 11.5 Å². The lowest BCUT2D eigenvalue weighted by Crippen LogP contribution is -2.54. The van der Waals surface area contributed by atoms with Crippen LogP contribution in [0.2, 0.25) is 0 Å². The van der Waals surface area contributed by atoms with Crippen molar-refractivity contribution < 1.29 is 0 Å². The lowest BCUT2D eigenvalue weighted by Gasteiger charge is -2.49. The number of fused-ring (bicyclic) bond motifs is 1. The van der Waals surface area contributed by atoms with Gasteiger partial charge in [-0.2, -0.15) is 4.52 Å². The molecule has 2 aromatic rings. The number of halogens is 1. The van der Waals surface area contributed by atoms with Crippen molar-refractivity contribution in [1.29, 1.82) is 0 Å². The van der Waals surface area contributed by atoms with Gasteiger partial charge in [-0.25, -0.2) is 0 Å². The first-order chi connectivity index (χ1) is 8.09. The molecule has 2 heterocycles. The van der Waals surface area contributed by atoms with E-state index in [1.54, 1.807) is 16.9 Å². The summed E-state index contributed by atoms with van der Waals surface area (Å²) in [7, 11) is 0. The van der Waals surface area contributed by atoms with Crippen molar-refractivity contribution in [3.8, 4) is 0 Å². The van der Waals surface area contributed by atoms with Gasteiger partial charge >= 0.3 is 0 Å². The van der Waals surface area contributed by atoms with Crippen molar-refractivity contribution in [3.05, 3.63) is 12.4 Å². The molecule has 1 N–H and O–H groups in total. The van der Waals surface area contributed by atoms with Crippen LogP contribution in [0.5, 0.6) is 0 Å². The van der Waals surface area contributed by atoms with Crippen LogP contribution in [0.25, 0.3) is 5.65 Å². The Morgan fingerprint density at radius 2 is 2.29 bits per heavy atom. The van der Waals surface area contributed by atoms with Gasteiger partial charge in [0.2, 0.25) is 0 Å². The molecule has 1 fully saturated rings. The van der Waals surface area contributed by atoms with E-state index < -0.39 is 0 Å². The average Bonchev–Trinajstić information content (AvgIpc) is 2.77. The molecule has 2 atom stereocenters. The zero-order chi connectivity index (χ0) is 12.0. The summed E-state index contributed by atoms with van der Waals surface area (Å²) < 4.78 is 1.64. The van der Waals surface area contributed by atoms with Crippen LogP contribution in [0.3, 0.4) is 0 Å². The summed E-state index contributed by atoms with van der Waals surface area (Å²) in [5.41, 5.74) is 0.701. The Bertz CT molecular complexity index is 550. The summed E-state index contributed by atoms with van der Waals surface area (Å²) in [6.07, 6.45) is 4.29. The van der Waals surface area contributed by atoms with E-state index in [-0.39, 0.29) is 10.8 Å². The lowest BCUT2D eigenvalue weighted by molar-refractivity contribution is 0.168. The van der Waals surface area contributed by atoms with Crippen LogP contribution in [-0.2, 0) is 0 Å². The number of nitrogens with one attached hydrogen (secondary N) is 1. The van der Waals surface area contributed by atoms with Crippen molar-refractivity contribution in [2.45, 2.75) is 31.7 Å². The van der Waals surface area contributed by atoms with Gasteiger partial charge in [-0.3, -0.25) is 4.98 Å². The van der Waals surface area contributed by atoms with Crippen LogP contribution in [0.15, 0.2) is 12.4 Å². The smallest absolute Gasteiger partial charge is 0.199 e. The molecule has 1 saturated carbocycles. The lowest BCUT2D eigenvalue weighted by atomic mass is 9.67. The molecule has 2 aromatic heterocycles. The number of alkyl halides is 1. The molecule has 90 valence electrons. The third-order valence-corrected chi connectivity index (χ3v) is 4.32. The molecule has 0 bridgehead atoms.